The number of rotatable bonds is 5. The minimum Gasteiger partial charge on any atom is -0.337 e. The number of carbonyl (C=O) groups excluding carboxylic acids is 1. The fourth-order valence-corrected chi connectivity index (χ4v) is 2.27. The molecule has 24 heavy (non-hydrogen) atoms. The summed E-state index contributed by atoms with van der Waals surface area (Å²) in [7, 11) is 0. The van der Waals surface area contributed by atoms with E-state index in [4.69, 9.17) is 0 Å². The highest BCUT2D eigenvalue weighted by Crippen LogP contribution is 2.38. The third-order valence-corrected chi connectivity index (χ3v) is 3.68. The summed E-state index contributed by atoms with van der Waals surface area (Å²) in [6.45, 7) is 4.19. The second-order valence-corrected chi connectivity index (χ2v) is 5.89. The number of nitrogens with one attached hydrogen (secondary N) is 1. The van der Waals surface area contributed by atoms with Gasteiger partial charge in [0.15, 0.2) is 11.4 Å². The zero-order valence-corrected chi connectivity index (χ0v) is 13.5. The molecule has 0 aliphatic heterocycles. The van der Waals surface area contributed by atoms with Gasteiger partial charge in [0.05, 0.1) is 0 Å². The number of aromatic nitrogens is 4. The predicted molar refractivity (Wildman–Crippen MR) is 79.9 cm³/mol. The number of alkyl halides is 3. The number of tetrazole rings is 1. The molecular weight excluding hydrogens is 323 g/mol. The van der Waals surface area contributed by atoms with Crippen LogP contribution in [0, 0.1) is 0 Å². The number of amides is 1. The number of nitrogens with zero attached hydrogens (tertiary/aromatic N) is 4. The van der Waals surface area contributed by atoms with E-state index in [1.54, 1.807) is 6.07 Å². The lowest BCUT2D eigenvalue weighted by atomic mass is 9.91. The highest BCUT2D eigenvalue weighted by Gasteiger charge is 2.53. The maximum atomic E-state index is 13.6. The lowest BCUT2D eigenvalue weighted by Crippen LogP contribution is -2.54. The summed E-state index contributed by atoms with van der Waals surface area (Å²) in [5.41, 5.74) is -2.55. The Morgan fingerprint density at radius 1 is 1.25 bits per heavy atom. The molecule has 2 aromatic rings. The van der Waals surface area contributed by atoms with Crippen LogP contribution in [0.2, 0.25) is 0 Å². The minimum atomic E-state index is -4.66. The first-order valence-electron chi connectivity index (χ1n) is 7.34. The molecule has 2 rings (SSSR count). The van der Waals surface area contributed by atoms with Gasteiger partial charge in [-0.2, -0.15) is 13.2 Å². The van der Waals surface area contributed by atoms with Crippen molar-refractivity contribution in [2.45, 2.75) is 44.9 Å². The Kier molecular flexibility index (Phi) is 4.91. The van der Waals surface area contributed by atoms with Gasteiger partial charge in [-0.05, 0) is 22.9 Å². The molecule has 0 fully saturated rings. The van der Waals surface area contributed by atoms with Gasteiger partial charge >= 0.3 is 6.18 Å². The van der Waals surface area contributed by atoms with Crippen LogP contribution >= 0.6 is 0 Å². The van der Waals surface area contributed by atoms with Gasteiger partial charge in [0.25, 0.3) is 0 Å². The van der Waals surface area contributed by atoms with E-state index >= 15 is 0 Å². The molecule has 1 heterocycles. The zero-order valence-electron chi connectivity index (χ0n) is 13.5. The smallest absolute Gasteiger partial charge is 0.337 e. The Morgan fingerprint density at radius 3 is 2.42 bits per heavy atom. The Balaban J connectivity index is 2.24. The summed E-state index contributed by atoms with van der Waals surface area (Å²) in [5.74, 6) is -0.456. The predicted octanol–water partition coefficient (Wildman–Crippen LogP) is 2.39. The molecule has 1 aromatic carbocycles. The van der Waals surface area contributed by atoms with Gasteiger partial charge in [0, 0.05) is 5.92 Å². The van der Waals surface area contributed by atoms with Crippen LogP contribution in [-0.4, -0.2) is 32.3 Å². The molecule has 9 heteroatoms. The first-order chi connectivity index (χ1) is 11.1. The Morgan fingerprint density at radius 2 is 1.88 bits per heavy atom. The van der Waals surface area contributed by atoms with E-state index < -0.39 is 17.6 Å². The molecule has 0 unspecified atom stereocenters. The zero-order chi connectivity index (χ0) is 18.0. The number of carbonyl (C=O) groups is 1. The molecule has 0 aliphatic rings. The van der Waals surface area contributed by atoms with Crippen LogP contribution in [0.3, 0.4) is 0 Å². The summed E-state index contributed by atoms with van der Waals surface area (Å²) in [5, 5.41) is 13.0. The van der Waals surface area contributed by atoms with Gasteiger partial charge in [-0.1, -0.05) is 44.2 Å². The standard InChI is InChI=1S/C15H18F3N5O/c1-10(2)13-20-21-22-23(13)9-12(24)19-14(3,15(16,17)18)11-7-5-4-6-8-11/h4-8,10H,9H2,1-3H3,(H,19,24)/t14-/m0/s1. The van der Waals surface area contributed by atoms with Crippen molar-refractivity contribution in [3.05, 3.63) is 41.7 Å². The monoisotopic (exact) mass is 341 g/mol. The minimum absolute atomic E-state index is 0.0494. The molecule has 0 bridgehead atoms. The van der Waals surface area contributed by atoms with Crippen molar-refractivity contribution in [3.63, 3.8) is 0 Å². The van der Waals surface area contributed by atoms with Crippen molar-refractivity contribution >= 4 is 5.91 Å². The van der Waals surface area contributed by atoms with E-state index in [1.165, 1.54) is 28.9 Å². The van der Waals surface area contributed by atoms with Crippen LogP contribution in [0.4, 0.5) is 13.2 Å². The van der Waals surface area contributed by atoms with Crippen LogP contribution < -0.4 is 5.32 Å². The van der Waals surface area contributed by atoms with Crippen molar-refractivity contribution in [1.29, 1.82) is 0 Å². The highest BCUT2D eigenvalue weighted by molar-refractivity contribution is 5.77. The Labute approximate surface area is 137 Å². The van der Waals surface area contributed by atoms with Crippen molar-refractivity contribution in [3.8, 4) is 0 Å². The second kappa shape index (κ2) is 6.58. The van der Waals surface area contributed by atoms with Crippen LogP contribution in [0.1, 0.15) is 38.1 Å². The molecular formula is C15H18F3N5O. The normalized spacial score (nSPS) is 14.5. The van der Waals surface area contributed by atoms with Crippen LogP contribution in [0.25, 0.3) is 0 Å². The summed E-state index contributed by atoms with van der Waals surface area (Å²) in [6, 6.07) is 7.24. The maximum Gasteiger partial charge on any atom is 0.415 e. The van der Waals surface area contributed by atoms with Gasteiger partial charge in [0.1, 0.15) is 6.54 Å². The number of hydrogen-bond acceptors (Lipinski definition) is 4. The summed E-state index contributed by atoms with van der Waals surface area (Å²) < 4.78 is 41.9. The van der Waals surface area contributed by atoms with E-state index in [-0.39, 0.29) is 18.0 Å². The van der Waals surface area contributed by atoms with E-state index in [0.717, 1.165) is 6.92 Å². The SMILES string of the molecule is CC(C)c1nnnn1CC(=O)N[C@@](C)(c1ccccc1)C(F)(F)F. The van der Waals surface area contributed by atoms with E-state index in [2.05, 4.69) is 20.8 Å². The topological polar surface area (TPSA) is 72.7 Å². The Bertz CT molecular complexity index is 699. The number of benzene rings is 1. The van der Waals surface area contributed by atoms with Crippen molar-refractivity contribution in [2.75, 3.05) is 0 Å². The molecule has 0 spiro atoms. The van der Waals surface area contributed by atoms with Crippen LogP contribution in [0.15, 0.2) is 30.3 Å². The van der Waals surface area contributed by atoms with Crippen molar-refractivity contribution in [2.24, 2.45) is 0 Å². The third kappa shape index (κ3) is 3.55. The van der Waals surface area contributed by atoms with Crippen LogP contribution in [-0.2, 0) is 16.9 Å². The molecule has 1 amide bonds. The van der Waals surface area contributed by atoms with Crippen molar-refractivity contribution in [1.82, 2.24) is 25.5 Å². The quantitative estimate of drug-likeness (QED) is 0.906. The van der Waals surface area contributed by atoms with Gasteiger partial charge in [-0.3, -0.25) is 4.79 Å². The van der Waals surface area contributed by atoms with E-state index in [9.17, 15) is 18.0 Å². The van der Waals surface area contributed by atoms with E-state index in [0.29, 0.717) is 5.82 Å². The first kappa shape index (κ1) is 17.9. The first-order valence-corrected chi connectivity index (χ1v) is 7.34. The molecule has 130 valence electrons. The summed E-state index contributed by atoms with van der Waals surface area (Å²) in [6.07, 6.45) is -4.66. The number of hydrogen-bond donors (Lipinski definition) is 1. The molecule has 0 saturated heterocycles. The lowest BCUT2D eigenvalue weighted by molar-refractivity contribution is -0.197. The second-order valence-electron chi connectivity index (χ2n) is 5.89. The average molecular weight is 341 g/mol. The third-order valence-electron chi connectivity index (χ3n) is 3.68. The van der Waals surface area contributed by atoms with E-state index in [1.807, 2.05) is 13.8 Å². The average Bonchev–Trinajstić information content (AvgIpc) is 2.95. The van der Waals surface area contributed by atoms with Gasteiger partial charge in [-0.15, -0.1) is 5.10 Å². The van der Waals surface area contributed by atoms with Gasteiger partial charge in [0.2, 0.25) is 5.91 Å². The molecule has 0 aliphatic carbocycles. The largest absolute Gasteiger partial charge is 0.415 e. The molecule has 1 N–H and O–H groups in total. The molecule has 1 atom stereocenters. The summed E-state index contributed by atoms with van der Waals surface area (Å²) in [4.78, 5) is 12.2. The van der Waals surface area contributed by atoms with Gasteiger partial charge in [-0.25, -0.2) is 4.68 Å². The number of halogens is 3. The van der Waals surface area contributed by atoms with Crippen molar-refractivity contribution < 1.29 is 18.0 Å². The van der Waals surface area contributed by atoms with Crippen LogP contribution in [0.5, 0.6) is 0 Å². The summed E-state index contributed by atoms with van der Waals surface area (Å²) >= 11 is 0. The molecule has 6 nitrogen and oxygen atoms in total. The maximum absolute atomic E-state index is 13.6. The fourth-order valence-electron chi connectivity index (χ4n) is 2.27. The Hall–Kier alpha value is -2.45. The fraction of sp³-hybridized carbons (Fsp3) is 0.467. The molecule has 1 aromatic heterocycles. The van der Waals surface area contributed by atoms with Gasteiger partial charge < -0.3 is 5.32 Å². The molecule has 0 saturated carbocycles. The lowest BCUT2D eigenvalue weighted by Gasteiger charge is -2.33. The highest BCUT2D eigenvalue weighted by atomic mass is 19.4. The molecule has 0 radical (unpaired) electrons.